The quantitative estimate of drug-likeness (QED) is 0.869. The van der Waals surface area contributed by atoms with Crippen molar-refractivity contribution in [2.24, 2.45) is 7.05 Å². The van der Waals surface area contributed by atoms with Crippen LogP contribution in [0.5, 0.6) is 5.88 Å². The van der Waals surface area contributed by atoms with Crippen molar-refractivity contribution in [3.8, 4) is 5.88 Å². The predicted octanol–water partition coefficient (Wildman–Crippen LogP) is 2.27. The van der Waals surface area contributed by atoms with Crippen LogP contribution < -0.4 is 4.74 Å². The summed E-state index contributed by atoms with van der Waals surface area (Å²) in [6.45, 7) is 5.99. The molecule has 1 atom stereocenters. The van der Waals surface area contributed by atoms with Crippen molar-refractivity contribution in [2.45, 2.75) is 26.8 Å². The molecule has 0 aliphatic heterocycles. The molecule has 0 aliphatic carbocycles. The summed E-state index contributed by atoms with van der Waals surface area (Å²) in [5, 5.41) is 4.42. The minimum Gasteiger partial charge on any atom is -0.481 e. The van der Waals surface area contributed by atoms with Gasteiger partial charge < -0.3 is 9.64 Å². The number of hydrogen-bond donors (Lipinski definition) is 0. The summed E-state index contributed by atoms with van der Waals surface area (Å²) in [5.41, 5.74) is 3.65. The first-order valence-corrected chi connectivity index (χ1v) is 7.14. The standard InChI is InChI=1S/C16H22N4O2/c1-10-15(12(3)20(5)18-10)11(2)19(4)16(21)13-7-8-17-14(9-13)22-6/h7-9,11H,1-6H3/t11-/m1/s1. The molecule has 0 radical (unpaired) electrons. The van der Waals surface area contributed by atoms with Gasteiger partial charge in [0.2, 0.25) is 5.88 Å². The number of ether oxygens (including phenoxy) is 1. The summed E-state index contributed by atoms with van der Waals surface area (Å²) in [6, 6.07) is 3.27. The van der Waals surface area contributed by atoms with Gasteiger partial charge in [-0.25, -0.2) is 4.98 Å². The average Bonchev–Trinajstić information content (AvgIpc) is 2.78. The van der Waals surface area contributed by atoms with Crippen LogP contribution in [0.1, 0.15) is 40.3 Å². The van der Waals surface area contributed by atoms with Crippen molar-refractivity contribution in [1.82, 2.24) is 19.7 Å². The zero-order valence-corrected chi connectivity index (χ0v) is 13.9. The number of carbonyl (C=O) groups is 1. The monoisotopic (exact) mass is 302 g/mol. The van der Waals surface area contributed by atoms with E-state index in [0.29, 0.717) is 11.4 Å². The van der Waals surface area contributed by atoms with Crippen LogP contribution in [0.4, 0.5) is 0 Å². The molecule has 0 saturated heterocycles. The molecule has 0 bridgehead atoms. The summed E-state index contributed by atoms with van der Waals surface area (Å²) in [5.74, 6) is 0.358. The van der Waals surface area contributed by atoms with Gasteiger partial charge in [-0.2, -0.15) is 5.10 Å². The lowest BCUT2D eigenvalue weighted by molar-refractivity contribution is 0.0741. The largest absolute Gasteiger partial charge is 0.481 e. The minimum atomic E-state index is -0.0733. The lowest BCUT2D eigenvalue weighted by atomic mass is 10.0. The van der Waals surface area contributed by atoms with Gasteiger partial charge >= 0.3 is 0 Å². The summed E-state index contributed by atoms with van der Waals surface area (Å²) in [4.78, 5) is 18.4. The summed E-state index contributed by atoms with van der Waals surface area (Å²) < 4.78 is 6.92. The van der Waals surface area contributed by atoms with Crippen LogP contribution in [0, 0.1) is 13.8 Å². The van der Waals surface area contributed by atoms with Gasteiger partial charge in [-0.05, 0) is 26.8 Å². The van der Waals surface area contributed by atoms with E-state index in [1.54, 1.807) is 30.3 Å². The Labute approximate surface area is 130 Å². The number of pyridine rings is 1. The first-order chi connectivity index (χ1) is 10.4. The highest BCUT2D eigenvalue weighted by molar-refractivity contribution is 5.94. The van der Waals surface area contributed by atoms with Crippen LogP contribution in [-0.4, -0.2) is 39.7 Å². The number of rotatable bonds is 4. The third-order valence-electron chi connectivity index (χ3n) is 4.07. The zero-order chi connectivity index (χ0) is 16.4. The van der Waals surface area contributed by atoms with Gasteiger partial charge in [-0.15, -0.1) is 0 Å². The van der Waals surface area contributed by atoms with E-state index in [1.165, 1.54) is 7.11 Å². The maximum absolute atomic E-state index is 12.7. The number of aromatic nitrogens is 3. The van der Waals surface area contributed by atoms with Crippen molar-refractivity contribution in [3.63, 3.8) is 0 Å². The second-order valence-electron chi connectivity index (χ2n) is 5.39. The Morgan fingerprint density at radius 1 is 1.41 bits per heavy atom. The highest BCUT2D eigenvalue weighted by atomic mass is 16.5. The molecule has 6 nitrogen and oxygen atoms in total. The van der Waals surface area contributed by atoms with Crippen LogP contribution in [0.25, 0.3) is 0 Å². The minimum absolute atomic E-state index is 0.0691. The number of aryl methyl sites for hydroxylation is 2. The lowest BCUT2D eigenvalue weighted by Crippen LogP contribution is -2.30. The fourth-order valence-corrected chi connectivity index (χ4v) is 2.62. The van der Waals surface area contributed by atoms with Crippen molar-refractivity contribution >= 4 is 5.91 Å². The molecule has 0 unspecified atom stereocenters. The van der Waals surface area contributed by atoms with Gasteiger partial charge in [0.1, 0.15) is 0 Å². The molecule has 0 aliphatic rings. The number of amides is 1. The Kier molecular flexibility index (Phi) is 4.49. The van der Waals surface area contributed by atoms with E-state index in [2.05, 4.69) is 10.1 Å². The first kappa shape index (κ1) is 16.0. The van der Waals surface area contributed by atoms with E-state index in [9.17, 15) is 4.79 Å². The second-order valence-corrected chi connectivity index (χ2v) is 5.39. The molecular formula is C16H22N4O2. The average molecular weight is 302 g/mol. The van der Waals surface area contributed by atoms with Gasteiger partial charge in [0.15, 0.2) is 0 Å². The van der Waals surface area contributed by atoms with Gasteiger partial charge in [-0.1, -0.05) is 0 Å². The van der Waals surface area contributed by atoms with Crippen LogP contribution in [0.2, 0.25) is 0 Å². The predicted molar refractivity (Wildman–Crippen MR) is 84.0 cm³/mol. The van der Waals surface area contributed by atoms with Gasteiger partial charge in [0.05, 0.1) is 18.8 Å². The third kappa shape index (κ3) is 2.81. The lowest BCUT2D eigenvalue weighted by Gasteiger charge is -2.25. The van der Waals surface area contributed by atoms with E-state index in [4.69, 9.17) is 4.74 Å². The molecule has 2 rings (SSSR count). The van der Waals surface area contributed by atoms with Crippen LogP contribution in [0.15, 0.2) is 18.3 Å². The molecule has 2 aromatic heterocycles. The SMILES string of the molecule is COc1cc(C(=O)N(C)[C@H](C)c2c(C)nn(C)c2C)ccn1. The Morgan fingerprint density at radius 2 is 2.09 bits per heavy atom. The normalized spacial score (nSPS) is 12.1. The van der Waals surface area contributed by atoms with Crippen molar-refractivity contribution < 1.29 is 9.53 Å². The first-order valence-electron chi connectivity index (χ1n) is 7.14. The number of carbonyl (C=O) groups excluding carboxylic acids is 1. The third-order valence-corrected chi connectivity index (χ3v) is 4.07. The molecule has 1 amide bonds. The van der Waals surface area contributed by atoms with E-state index in [0.717, 1.165) is 17.0 Å². The van der Waals surface area contributed by atoms with Gasteiger partial charge in [0, 0.05) is 43.2 Å². The molecule has 2 aromatic rings. The number of hydrogen-bond acceptors (Lipinski definition) is 4. The molecule has 2 heterocycles. The molecular weight excluding hydrogens is 280 g/mol. The molecule has 118 valence electrons. The maximum Gasteiger partial charge on any atom is 0.254 e. The smallest absolute Gasteiger partial charge is 0.254 e. The Balaban J connectivity index is 2.29. The number of methoxy groups -OCH3 is 1. The van der Waals surface area contributed by atoms with Gasteiger partial charge in [0.25, 0.3) is 5.91 Å². The van der Waals surface area contributed by atoms with Crippen LogP contribution in [0.3, 0.4) is 0 Å². The van der Waals surface area contributed by atoms with Gasteiger partial charge in [-0.3, -0.25) is 9.48 Å². The molecule has 22 heavy (non-hydrogen) atoms. The van der Waals surface area contributed by atoms with E-state index in [-0.39, 0.29) is 11.9 Å². The molecule has 0 fully saturated rings. The van der Waals surface area contributed by atoms with E-state index in [1.807, 2.05) is 32.5 Å². The molecule has 0 spiro atoms. The highest BCUT2D eigenvalue weighted by Gasteiger charge is 2.24. The zero-order valence-electron chi connectivity index (χ0n) is 13.9. The number of nitrogens with zero attached hydrogens (tertiary/aromatic N) is 4. The second kappa shape index (κ2) is 6.17. The fourth-order valence-electron chi connectivity index (χ4n) is 2.62. The van der Waals surface area contributed by atoms with Crippen molar-refractivity contribution in [3.05, 3.63) is 40.8 Å². The van der Waals surface area contributed by atoms with Crippen molar-refractivity contribution in [1.29, 1.82) is 0 Å². The Morgan fingerprint density at radius 3 is 2.64 bits per heavy atom. The summed E-state index contributed by atoms with van der Waals surface area (Å²) in [7, 11) is 5.24. The highest BCUT2D eigenvalue weighted by Crippen LogP contribution is 2.26. The molecule has 0 saturated carbocycles. The topological polar surface area (TPSA) is 60.2 Å². The van der Waals surface area contributed by atoms with Crippen LogP contribution >= 0.6 is 0 Å². The summed E-state index contributed by atoms with van der Waals surface area (Å²) in [6.07, 6.45) is 1.57. The Hall–Kier alpha value is -2.37. The molecule has 0 N–H and O–H groups in total. The fraction of sp³-hybridized carbons (Fsp3) is 0.438. The Bertz CT molecular complexity index is 693. The molecule has 0 aromatic carbocycles. The van der Waals surface area contributed by atoms with Crippen molar-refractivity contribution in [2.75, 3.05) is 14.2 Å². The maximum atomic E-state index is 12.7. The summed E-state index contributed by atoms with van der Waals surface area (Å²) >= 11 is 0. The van der Waals surface area contributed by atoms with Crippen LogP contribution in [-0.2, 0) is 7.05 Å². The van der Waals surface area contributed by atoms with E-state index >= 15 is 0 Å². The van der Waals surface area contributed by atoms with E-state index < -0.39 is 0 Å². The molecule has 6 heteroatoms.